The van der Waals surface area contributed by atoms with Crippen LogP contribution >= 0.6 is 11.3 Å². The molecule has 0 bridgehead atoms. The van der Waals surface area contributed by atoms with Gasteiger partial charge in [-0.3, -0.25) is 4.79 Å². The molecule has 0 N–H and O–H groups in total. The number of rotatable bonds is 1. The second-order valence-corrected chi connectivity index (χ2v) is 3.48. The largest absolute Gasteiger partial charge is 0.284 e. The molecule has 1 aromatic carbocycles. The summed E-state index contributed by atoms with van der Waals surface area (Å²) in [5.41, 5.74) is 0. The predicted octanol–water partition coefficient (Wildman–Crippen LogP) is 2.50. The van der Waals surface area contributed by atoms with Crippen LogP contribution in [0.3, 0.4) is 0 Å². The molecule has 0 saturated heterocycles. The van der Waals surface area contributed by atoms with Crippen molar-refractivity contribution in [2.24, 2.45) is 0 Å². The summed E-state index contributed by atoms with van der Waals surface area (Å²) in [6, 6.07) is 6.15. The van der Waals surface area contributed by atoms with Crippen LogP contribution < -0.4 is 0 Å². The third-order valence-corrected chi connectivity index (χ3v) is 2.58. The monoisotopic (exact) mass is 179 g/mol. The summed E-state index contributed by atoms with van der Waals surface area (Å²) in [5.74, 6) is -0.276. The van der Waals surface area contributed by atoms with Gasteiger partial charge in [0.25, 0.3) is 0 Å². The lowest BCUT2D eigenvalue weighted by atomic mass is 10.2. The normalized spacial score (nSPS) is 10.4. The van der Waals surface area contributed by atoms with Crippen LogP contribution in [0.4, 0.5) is 4.39 Å². The molecular weight excluding hydrogens is 175 g/mol. The van der Waals surface area contributed by atoms with E-state index in [1.165, 1.54) is 23.5 Å². The fraction of sp³-hybridized carbons (Fsp3) is 0. The van der Waals surface area contributed by atoms with Crippen molar-refractivity contribution in [3.8, 4) is 0 Å². The first-order valence-electron chi connectivity index (χ1n) is 3.37. The van der Waals surface area contributed by atoms with Gasteiger partial charge in [0, 0.05) is 4.70 Å². The molecule has 0 aliphatic rings. The summed E-state index contributed by atoms with van der Waals surface area (Å²) in [4.78, 5) is 10.8. The third-order valence-electron chi connectivity index (χ3n) is 1.58. The van der Waals surface area contributed by atoms with Crippen LogP contribution in [-0.2, 0) is 4.79 Å². The van der Waals surface area contributed by atoms with Crippen molar-refractivity contribution in [3.63, 3.8) is 0 Å². The van der Waals surface area contributed by atoms with Crippen molar-refractivity contribution in [2.75, 3.05) is 0 Å². The molecule has 1 nitrogen and oxygen atoms in total. The zero-order valence-electron chi connectivity index (χ0n) is 6.00. The second kappa shape index (κ2) is 2.68. The van der Waals surface area contributed by atoms with Crippen LogP contribution in [0.25, 0.3) is 10.1 Å². The first-order chi connectivity index (χ1) is 5.79. The van der Waals surface area contributed by atoms with E-state index in [4.69, 9.17) is 0 Å². The van der Waals surface area contributed by atoms with Gasteiger partial charge in [-0.15, -0.1) is 11.3 Å². The Hall–Kier alpha value is -1.22. The van der Waals surface area contributed by atoms with Crippen LogP contribution in [0.2, 0.25) is 0 Å². The molecule has 1 aromatic heterocycles. The second-order valence-electron chi connectivity index (χ2n) is 2.39. The quantitative estimate of drug-likeness (QED) is 0.657. The van der Waals surface area contributed by atoms with Crippen LogP contribution in [0.1, 0.15) is 4.88 Å². The standard InChI is InChI=1S/C9H4FOS/c10-7-2-1-6-3-8(5-11)12-9(6)4-7/h1-4H. The molecule has 1 radical (unpaired) electrons. The van der Waals surface area contributed by atoms with Crippen LogP contribution in [0, 0.1) is 5.82 Å². The maximum Gasteiger partial charge on any atom is 0.244 e. The molecular formula is C9H4FOS. The highest BCUT2D eigenvalue weighted by atomic mass is 32.1. The van der Waals surface area contributed by atoms with Crippen LogP contribution in [0.5, 0.6) is 0 Å². The smallest absolute Gasteiger partial charge is 0.244 e. The predicted molar refractivity (Wildman–Crippen MR) is 46.6 cm³/mol. The number of hydrogen-bond donors (Lipinski definition) is 0. The molecule has 0 aliphatic carbocycles. The Morgan fingerprint density at radius 1 is 1.33 bits per heavy atom. The van der Waals surface area contributed by atoms with Crippen LogP contribution in [-0.4, -0.2) is 6.29 Å². The van der Waals surface area contributed by atoms with E-state index < -0.39 is 0 Å². The minimum atomic E-state index is -0.276. The highest BCUT2D eigenvalue weighted by molar-refractivity contribution is 7.20. The molecule has 0 saturated carbocycles. The summed E-state index contributed by atoms with van der Waals surface area (Å²) in [5, 5.41) is 0.889. The van der Waals surface area contributed by atoms with Crippen molar-refractivity contribution in [1.29, 1.82) is 0 Å². The maximum atomic E-state index is 12.7. The molecule has 0 aliphatic heterocycles. The molecule has 2 rings (SSSR count). The molecule has 12 heavy (non-hydrogen) atoms. The van der Waals surface area contributed by atoms with Crippen molar-refractivity contribution < 1.29 is 9.18 Å². The average Bonchev–Trinajstić information content (AvgIpc) is 2.46. The van der Waals surface area contributed by atoms with Gasteiger partial charge in [0.15, 0.2) is 0 Å². The Bertz CT molecular complexity index is 433. The Morgan fingerprint density at radius 3 is 2.92 bits per heavy atom. The fourth-order valence-corrected chi connectivity index (χ4v) is 1.94. The van der Waals surface area contributed by atoms with Gasteiger partial charge < -0.3 is 0 Å². The van der Waals surface area contributed by atoms with E-state index in [-0.39, 0.29) is 5.82 Å². The fourth-order valence-electron chi connectivity index (χ4n) is 1.06. The molecule has 3 heteroatoms. The molecule has 0 atom stereocenters. The number of halogens is 1. The number of thiophene rings is 1. The minimum absolute atomic E-state index is 0.276. The van der Waals surface area contributed by atoms with Crippen LogP contribution in [0.15, 0.2) is 24.3 Å². The van der Waals surface area contributed by atoms with Crippen molar-refractivity contribution in [3.05, 3.63) is 35.0 Å². The van der Waals surface area contributed by atoms with Crippen molar-refractivity contribution in [1.82, 2.24) is 0 Å². The van der Waals surface area contributed by atoms with Gasteiger partial charge >= 0.3 is 0 Å². The average molecular weight is 179 g/mol. The molecule has 59 valence electrons. The lowest BCUT2D eigenvalue weighted by molar-refractivity contribution is 0.563. The molecule has 2 aromatic rings. The Morgan fingerprint density at radius 2 is 2.17 bits per heavy atom. The van der Waals surface area contributed by atoms with Crippen molar-refractivity contribution >= 4 is 27.7 Å². The highest BCUT2D eigenvalue weighted by Crippen LogP contribution is 2.24. The van der Waals surface area contributed by atoms with Gasteiger partial charge in [-0.1, -0.05) is 6.07 Å². The minimum Gasteiger partial charge on any atom is -0.284 e. The third kappa shape index (κ3) is 1.12. The Kier molecular flexibility index (Phi) is 1.66. The molecule has 0 amide bonds. The number of fused-ring (bicyclic) bond motifs is 1. The Labute approximate surface area is 72.4 Å². The molecule has 0 spiro atoms. The van der Waals surface area contributed by atoms with Gasteiger partial charge in [0.1, 0.15) is 5.82 Å². The zero-order chi connectivity index (χ0) is 8.55. The highest BCUT2D eigenvalue weighted by Gasteiger charge is 2.01. The number of carbonyl (C=O) groups excluding carboxylic acids is 1. The van der Waals surface area contributed by atoms with E-state index in [0.717, 1.165) is 10.1 Å². The van der Waals surface area contributed by atoms with Gasteiger partial charge in [-0.25, -0.2) is 4.39 Å². The zero-order valence-corrected chi connectivity index (χ0v) is 6.82. The lowest BCUT2D eigenvalue weighted by Crippen LogP contribution is -1.68. The van der Waals surface area contributed by atoms with E-state index in [1.807, 2.05) is 0 Å². The summed E-state index contributed by atoms with van der Waals surface area (Å²) in [7, 11) is 0. The van der Waals surface area contributed by atoms with E-state index in [0.29, 0.717) is 4.88 Å². The SMILES string of the molecule is O=[C]c1cc2ccc(F)cc2s1. The number of hydrogen-bond acceptors (Lipinski definition) is 2. The van der Waals surface area contributed by atoms with Gasteiger partial charge in [0.2, 0.25) is 6.29 Å². The van der Waals surface area contributed by atoms with Crippen molar-refractivity contribution in [2.45, 2.75) is 0 Å². The van der Waals surface area contributed by atoms with E-state index in [9.17, 15) is 9.18 Å². The van der Waals surface area contributed by atoms with Gasteiger partial charge in [-0.2, -0.15) is 0 Å². The summed E-state index contributed by atoms with van der Waals surface area (Å²) in [6.45, 7) is 0. The summed E-state index contributed by atoms with van der Waals surface area (Å²) in [6.07, 6.45) is 1.78. The molecule has 1 heterocycles. The molecule has 0 unspecified atom stereocenters. The lowest BCUT2D eigenvalue weighted by Gasteiger charge is -1.86. The summed E-state index contributed by atoms with van der Waals surface area (Å²) >= 11 is 1.25. The van der Waals surface area contributed by atoms with E-state index in [2.05, 4.69) is 0 Å². The summed E-state index contributed by atoms with van der Waals surface area (Å²) < 4.78 is 13.4. The van der Waals surface area contributed by atoms with Gasteiger partial charge in [0.05, 0.1) is 4.88 Å². The van der Waals surface area contributed by atoms with Gasteiger partial charge in [-0.05, 0) is 23.6 Å². The first-order valence-corrected chi connectivity index (χ1v) is 4.18. The van der Waals surface area contributed by atoms with E-state index >= 15 is 0 Å². The van der Waals surface area contributed by atoms with E-state index in [1.54, 1.807) is 18.4 Å². The Balaban J connectivity index is 2.75. The number of benzene rings is 1. The maximum absolute atomic E-state index is 12.7. The topological polar surface area (TPSA) is 17.1 Å². The molecule has 0 fully saturated rings. The first kappa shape index (κ1) is 7.43.